The first-order valence-corrected chi connectivity index (χ1v) is 7.86. The summed E-state index contributed by atoms with van der Waals surface area (Å²) in [7, 11) is 0. The molecule has 0 aliphatic rings. The molecule has 0 aromatic carbocycles. The molecule has 0 saturated carbocycles. The molecule has 2 aromatic heterocycles. The number of urea groups is 1. The van der Waals surface area contributed by atoms with Gasteiger partial charge in [-0.05, 0) is 19.8 Å². The Morgan fingerprint density at radius 3 is 2.74 bits per heavy atom. The Balaban J connectivity index is 1.65. The van der Waals surface area contributed by atoms with Gasteiger partial charge in [0.2, 0.25) is 0 Å². The van der Waals surface area contributed by atoms with Crippen molar-refractivity contribution in [3.63, 3.8) is 0 Å². The maximum atomic E-state index is 11.8. The quantitative estimate of drug-likeness (QED) is 0.801. The van der Waals surface area contributed by atoms with Crippen LogP contribution in [0.4, 0.5) is 10.6 Å². The second kappa shape index (κ2) is 7.30. The highest BCUT2D eigenvalue weighted by atomic mass is 16.5. The van der Waals surface area contributed by atoms with Crippen LogP contribution in [0.15, 0.2) is 23.0 Å². The van der Waals surface area contributed by atoms with Gasteiger partial charge in [-0.3, -0.25) is 5.32 Å². The van der Waals surface area contributed by atoms with Crippen molar-refractivity contribution in [3.05, 3.63) is 30.0 Å². The van der Waals surface area contributed by atoms with Crippen LogP contribution in [0.2, 0.25) is 0 Å². The lowest BCUT2D eigenvalue weighted by atomic mass is 9.93. The number of nitrogens with zero attached hydrogens (tertiary/aromatic N) is 3. The Hall–Kier alpha value is -2.31. The molecule has 0 aliphatic carbocycles. The molecule has 0 saturated heterocycles. The Kier molecular flexibility index (Phi) is 5.41. The monoisotopic (exact) mass is 319 g/mol. The number of hydrogen-bond donors (Lipinski definition) is 2. The van der Waals surface area contributed by atoms with E-state index in [1.165, 1.54) is 0 Å². The van der Waals surface area contributed by atoms with Crippen molar-refractivity contribution in [3.8, 4) is 0 Å². The molecule has 7 nitrogen and oxygen atoms in total. The van der Waals surface area contributed by atoms with E-state index in [-0.39, 0.29) is 11.4 Å². The molecule has 0 fully saturated rings. The Morgan fingerprint density at radius 2 is 2.13 bits per heavy atom. The number of nitrogens with one attached hydrogen (secondary N) is 2. The first kappa shape index (κ1) is 17.1. The summed E-state index contributed by atoms with van der Waals surface area (Å²) in [6.07, 6.45) is 5.64. The van der Waals surface area contributed by atoms with Crippen LogP contribution in [-0.4, -0.2) is 27.3 Å². The van der Waals surface area contributed by atoms with Gasteiger partial charge in [-0.25, -0.2) is 9.78 Å². The molecule has 126 valence electrons. The van der Waals surface area contributed by atoms with E-state index in [1.54, 1.807) is 12.3 Å². The number of rotatable bonds is 6. The van der Waals surface area contributed by atoms with Gasteiger partial charge in [-0.2, -0.15) is 0 Å². The normalized spacial score (nSPS) is 11.5. The summed E-state index contributed by atoms with van der Waals surface area (Å²) < 4.78 is 7.33. The van der Waals surface area contributed by atoms with Crippen LogP contribution >= 0.6 is 0 Å². The minimum atomic E-state index is -0.266. The molecule has 0 radical (unpaired) electrons. The van der Waals surface area contributed by atoms with Gasteiger partial charge in [0.1, 0.15) is 11.6 Å². The average molecular weight is 319 g/mol. The van der Waals surface area contributed by atoms with Crippen LogP contribution in [0.3, 0.4) is 0 Å². The van der Waals surface area contributed by atoms with Gasteiger partial charge in [0.25, 0.3) is 0 Å². The van der Waals surface area contributed by atoms with Crippen molar-refractivity contribution in [2.24, 2.45) is 0 Å². The Morgan fingerprint density at radius 1 is 1.35 bits per heavy atom. The fraction of sp³-hybridized carbons (Fsp3) is 0.562. The lowest BCUT2D eigenvalue weighted by Crippen LogP contribution is -2.29. The summed E-state index contributed by atoms with van der Waals surface area (Å²) >= 11 is 0. The number of imidazole rings is 1. The Labute approximate surface area is 136 Å². The minimum Gasteiger partial charge on any atom is -0.359 e. The second-order valence-electron chi connectivity index (χ2n) is 6.58. The lowest BCUT2D eigenvalue weighted by Gasteiger charge is -2.12. The van der Waals surface area contributed by atoms with E-state index < -0.39 is 0 Å². The highest BCUT2D eigenvalue weighted by Gasteiger charge is 2.20. The number of amides is 2. The molecule has 0 bridgehead atoms. The van der Waals surface area contributed by atoms with Gasteiger partial charge in [-0.15, -0.1) is 0 Å². The van der Waals surface area contributed by atoms with Crippen LogP contribution in [0.25, 0.3) is 0 Å². The highest BCUT2D eigenvalue weighted by molar-refractivity contribution is 5.88. The zero-order chi connectivity index (χ0) is 16.9. The summed E-state index contributed by atoms with van der Waals surface area (Å²) in [4.78, 5) is 16.0. The van der Waals surface area contributed by atoms with Gasteiger partial charge >= 0.3 is 6.03 Å². The van der Waals surface area contributed by atoms with Crippen molar-refractivity contribution in [2.45, 2.75) is 52.5 Å². The Bertz CT molecular complexity index is 639. The molecule has 2 aromatic rings. The van der Waals surface area contributed by atoms with Crippen molar-refractivity contribution >= 4 is 11.8 Å². The van der Waals surface area contributed by atoms with Crippen molar-refractivity contribution in [1.82, 2.24) is 20.0 Å². The maximum absolute atomic E-state index is 11.8. The van der Waals surface area contributed by atoms with Crippen molar-refractivity contribution < 1.29 is 9.32 Å². The van der Waals surface area contributed by atoms with Crippen molar-refractivity contribution in [2.75, 3.05) is 11.9 Å². The molecule has 7 heteroatoms. The number of unbranched alkanes of at least 4 members (excludes halogenated alkanes) is 1. The number of carbonyl (C=O) groups excluding carboxylic acids is 1. The number of aryl methyl sites for hydroxylation is 2. The first-order chi connectivity index (χ1) is 10.9. The molecule has 2 N–H and O–H groups in total. The number of anilines is 1. The second-order valence-corrected chi connectivity index (χ2v) is 6.58. The molecular formula is C16H25N5O2. The van der Waals surface area contributed by atoms with E-state index in [1.807, 2.05) is 33.9 Å². The van der Waals surface area contributed by atoms with Crippen LogP contribution in [0, 0.1) is 6.92 Å². The van der Waals surface area contributed by atoms with Gasteiger partial charge in [-0.1, -0.05) is 25.9 Å². The predicted octanol–water partition coefficient (Wildman–Crippen LogP) is 3.08. The molecule has 0 aliphatic heterocycles. The average Bonchev–Trinajstić information content (AvgIpc) is 3.07. The van der Waals surface area contributed by atoms with E-state index in [4.69, 9.17) is 4.52 Å². The lowest BCUT2D eigenvalue weighted by molar-refractivity contribution is 0.251. The van der Waals surface area contributed by atoms with E-state index in [9.17, 15) is 4.79 Å². The third-order valence-electron chi connectivity index (χ3n) is 3.53. The van der Waals surface area contributed by atoms with Crippen LogP contribution in [0.1, 0.15) is 45.2 Å². The van der Waals surface area contributed by atoms with E-state index in [0.29, 0.717) is 12.4 Å². The van der Waals surface area contributed by atoms with Crippen LogP contribution < -0.4 is 10.6 Å². The largest absolute Gasteiger partial charge is 0.359 e. The van der Waals surface area contributed by atoms with Gasteiger partial charge in [0.05, 0.1) is 0 Å². The highest BCUT2D eigenvalue weighted by Crippen LogP contribution is 2.24. The van der Waals surface area contributed by atoms with Crippen molar-refractivity contribution in [1.29, 1.82) is 0 Å². The number of hydrogen-bond acceptors (Lipinski definition) is 4. The third-order valence-corrected chi connectivity index (χ3v) is 3.53. The predicted molar refractivity (Wildman–Crippen MR) is 88.4 cm³/mol. The molecular weight excluding hydrogens is 294 g/mol. The molecule has 0 atom stereocenters. The smallest absolute Gasteiger partial charge is 0.320 e. The zero-order valence-electron chi connectivity index (χ0n) is 14.2. The van der Waals surface area contributed by atoms with Crippen LogP contribution in [0.5, 0.6) is 0 Å². The van der Waals surface area contributed by atoms with Crippen LogP contribution in [-0.2, 0) is 12.0 Å². The van der Waals surface area contributed by atoms with E-state index in [2.05, 4.69) is 25.3 Å². The van der Waals surface area contributed by atoms with E-state index >= 15 is 0 Å². The standard InChI is InChI=1S/C16H25N5O2/c1-12-17-8-10-21(12)9-6-5-7-18-15(22)19-14-11-13(23-20-14)16(2,3)4/h8,10-11H,5-7,9H2,1-4H3,(H2,18,19,20,22). The number of carbonyl (C=O) groups is 1. The van der Waals surface area contributed by atoms with E-state index in [0.717, 1.165) is 31.0 Å². The maximum Gasteiger partial charge on any atom is 0.320 e. The molecule has 0 unspecified atom stereocenters. The fourth-order valence-electron chi connectivity index (χ4n) is 2.10. The SMILES string of the molecule is Cc1nccn1CCCCNC(=O)Nc1cc(C(C)(C)C)on1. The fourth-order valence-corrected chi connectivity index (χ4v) is 2.10. The first-order valence-electron chi connectivity index (χ1n) is 7.86. The summed E-state index contributed by atoms with van der Waals surface area (Å²) in [6, 6.07) is 1.49. The molecule has 0 spiro atoms. The van der Waals surface area contributed by atoms with Gasteiger partial charge in [0.15, 0.2) is 5.82 Å². The molecule has 2 amide bonds. The topological polar surface area (TPSA) is 85.0 Å². The molecule has 2 rings (SSSR count). The summed E-state index contributed by atoms with van der Waals surface area (Å²) in [5, 5.41) is 9.35. The minimum absolute atomic E-state index is 0.130. The summed E-state index contributed by atoms with van der Waals surface area (Å²) in [5.41, 5.74) is -0.130. The number of aromatic nitrogens is 3. The zero-order valence-corrected chi connectivity index (χ0v) is 14.2. The van der Waals surface area contributed by atoms with Gasteiger partial charge < -0.3 is 14.4 Å². The third kappa shape index (κ3) is 5.12. The summed E-state index contributed by atoms with van der Waals surface area (Å²) in [6.45, 7) is 9.59. The van der Waals surface area contributed by atoms with Gasteiger partial charge in [0, 0.05) is 37.0 Å². The molecule has 23 heavy (non-hydrogen) atoms. The molecule has 2 heterocycles. The summed E-state index contributed by atoms with van der Waals surface area (Å²) in [5.74, 6) is 2.18.